The molecule has 0 N–H and O–H groups in total. The topological polar surface area (TPSA) is 69.3 Å². The Hall–Kier alpha value is -3.19. The van der Waals surface area contributed by atoms with Crippen molar-refractivity contribution in [3.63, 3.8) is 0 Å². The molecule has 4 aromatic rings. The van der Waals surface area contributed by atoms with Crippen LogP contribution in [0.15, 0.2) is 67.3 Å². The van der Waals surface area contributed by atoms with Gasteiger partial charge in [0, 0.05) is 36.1 Å². The maximum Gasteiger partial charge on any atom is 0.154 e. The molecule has 0 amide bonds. The fraction of sp³-hybridized carbons (Fsp3) is 0.182. The Balaban J connectivity index is 1.59. The van der Waals surface area contributed by atoms with Gasteiger partial charge < -0.3 is 0 Å². The number of sulfone groups is 1. The Morgan fingerprint density at radius 3 is 2.41 bits per heavy atom. The van der Waals surface area contributed by atoms with Crippen molar-refractivity contribution in [1.82, 2.24) is 19.4 Å². The summed E-state index contributed by atoms with van der Waals surface area (Å²) in [5.74, 6) is 0.301. The van der Waals surface area contributed by atoms with E-state index >= 15 is 0 Å². The van der Waals surface area contributed by atoms with E-state index in [1.807, 2.05) is 54.6 Å². The number of rotatable bonds is 3. The second-order valence-electron chi connectivity index (χ2n) is 7.35. The minimum absolute atomic E-state index is 0.104. The number of aryl methyl sites for hydroxylation is 1. The molecule has 3 aromatic heterocycles. The molecule has 1 aromatic carbocycles. The quantitative estimate of drug-likeness (QED) is 0.523. The van der Waals surface area contributed by atoms with Crippen molar-refractivity contribution in [3.05, 3.63) is 72.8 Å². The molecule has 29 heavy (non-hydrogen) atoms. The van der Waals surface area contributed by atoms with Crippen molar-refractivity contribution in [2.45, 2.75) is 6.42 Å². The van der Waals surface area contributed by atoms with E-state index in [1.54, 1.807) is 4.68 Å². The van der Waals surface area contributed by atoms with Crippen molar-refractivity contribution >= 4 is 20.9 Å². The SMILES string of the molecule is Cn1cc(-c2ccc(-c3cnn4cccc(C5=CCS(=O)(=O)CC5)c34)cc2)cn1. The van der Waals surface area contributed by atoms with Crippen molar-refractivity contribution in [1.29, 1.82) is 0 Å². The lowest BCUT2D eigenvalue weighted by molar-refractivity contribution is 0.598. The van der Waals surface area contributed by atoms with Crippen LogP contribution in [0.3, 0.4) is 0 Å². The van der Waals surface area contributed by atoms with Crippen LogP contribution in [-0.2, 0) is 16.9 Å². The van der Waals surface area contributed by atoms with Crippen LogP contribution >= 0.6 is 0 Å². The zero-order valence-corrected chi connectivity index (χ0v) is 16.8. The van der Waals surface area contributed by atoms with Gasteiger partial charge in [-0.3, -0.25) is 4.68 Å². The van der Waals surface area contributed by atoms with Crippen LogP contribution in [0.25, 0.3) is 33.3 Å². The van der Waals surface area contributed by atoms with Gasteiger partial charge in [0.25, 0.3) is 0 Å². The molecular formula is C22H20N4O2S. The first-order chi connectivity index (χ1) is 14.0. The number of pyridine rings is 1. The molecule has 146 valence electrons. The maximum absolute atomic E-state index is 11.8. The average Bonchev–Trinajstić information content (AvgIpc) is 3.34. The third kappa shape index (κ3) is 3.27. The van der Waals surface area contributed by atoms with E-state index < -0.39 is 9.84 Å². The third-order valence-electron chi connectivity index (χ3n) is 5.39. The number of fused-ring (bicyclic) bond motifs is 1. The van der Waals surface area contributed by atoms with Crippen LogP contribution in [0.4, 0.5) is 0 Å². The van der Waals surface area contributed by atoms with Gasteiger partial charge in [0.15, 0.2) is 9.84 Å². The molecule has 0 atom stereocenters. The van der Waals surface area contributed by atoms with Crippen LogP contribution in [0, 0.1) is 0 Å². The summed E-state index contributed by atoms with van der Waals surface area (Å²) in [5.41, 5.74) is 7.42. The molecule has 0 bridgehead atoms. The summed E-state index contributed by atoms with van der Waals surface area (Å²) >= 11 is 0. The lowest BCUT2D eigenvalue weighted by atomic mass is 9.97. The van der Waals surface area contributed by atoms with E-state index in [4.69, 9.17) is 0 Å². The first-order valence-electron chi connectivity index (χ1n) is 9.46. The molecule has 0 radical (unpaired) electrons. The van der Waals surface area contributed by atoms with Gasteiger partial charge in [-0.2, -0.15) is 10.2 Å². The molecule has 0 saturated heterocycles. The molecule has 7 heteroatoms. The number of allylic oxidation sites excluding steroid dienone is 1. The predicted molar refractivity (Wildman–Crippen MR) is 114 cm³/mol. The lowest BCUT2D eigenvalue weighted by Gasteiger charge is -2.15. The highest BCUT2D eigenvalue weighted by Gasteiger charge is 2.20. The molecule has 6 nitrogen and oxygen atoms in total. The minimum Gasteiger partial charge on any atom is -0.275 e. The molecule has 1 aliphatic rings. The average molecular weight is 404 g/mol. The van der Waals surface area contributed by atoms with Crippen molar-refractivity contribution in [2.24, 2.45) is 7.05 Å². The molecule has 0 spiro atoms. The number of benzene rings is 1. The van der Waals surface area contributed by atoms with E-state index in [1.165, 1.54) is 0 Å². The molecular weight excluding hydrogens is 384 g/mol. The second kappa shape index (κ2) is 6.70. The zero-order valence-electron chi connectivity index (χ0n) is 16.0. The summed E-state index contributed by atoms with van der Waals surface area (Å²) in [4.78, 5) is 0. The van der Waals surface area contributed by atoms with E-state index in [9.17, 15) is 8.42 Å². The molecule has 0 unspecified atom stereocenters. The fourth-order valence-corrected chi connectivity index (χ4v) is 5.00. The van der Waals surface area contributed by atoms with Crippen molar-refractivity contribution < 1.29 is 8.42 Å². The first-order valence-corrected chi connectivity index (χ1v) is 11.3. The second-order valence-corrected chi connectivity index (χ2v) is 9.58. The van der Waals surface area contributed by atoms with Crippen molar-refractivity contribution in [2.75, 3.05) is 11.5 Å². The summed E-state index contributed by atoms with van der Waals surface area (Å²) in [7, 11) is -1.05. The van der Waals surface area contributed by atoms with E-state index in [0.29, 0.717) is 6.42 Å². The number of hydrogen-bond acceptors (Lipinski definition) is 4. The summed E-state index contributed by atoms with van der Waals surface area (Å²) in [6, 6.07) is 12.4. The van der Waals surface area contributed by atoms with Crippen LogP contribution in [0.1, 0.15) is 12.0 Å². The summed E-state index contributed by atoms with van der Waals surface area (Å²) in [5, 5.41) is 8.76. The normalized spacial score (nSPS) is 16.1. The van der Waals surface area contributed by atoms with Gasteiger partial charge in [0.05, 0.1) is 29.4 Å². The molecule has 4 heterocycles. The van der Waals surface area contributed by atoms with E-state index in [-0.39, 0.29) is 11.5 Å². The van der Waals surface area contributed by atoms with Crippen LogP contribution in [0.5, 0.6) is 0 Å². The molecule has 1 aliphatic heterocycles. The maximum atomic E-state index is 11.8. The van der Waals surface area contributed by atoms with Gasteiger partial charge in [-0.25, -0.2) is 12.9 Å². The van der Waals surface area contributed by atoms with Crippen LogP contribution in [0.2, 0.25) is 0 Å². The Labute approximate surface area is 169 Å². The van der Waals surface area contributed by atoms with Gasteiger partial charge in [-0.05, 0) is 29.2 Å². The number of nitrogens with zero attached hydrogens (tertiary/aromatic N) is 4. The fourth-order valence-electron chi connectivity index (χ4n) is 3.85. The first kappa shape index (κ1) is 17.9. The van der Waals surface area contributed by atoms with Gasteiger partial charge in [-0.1, -0.05) is 36.4 Å². The highest BCUT2D eigenvalue weighted by atomic mass is 32.2. The molecule has 5 rings (SSSR count). The molecule has 0 fully saturated rings. The predicted octanol–water partition coefficient (Wildman–Crippen LogP) is 3.60. The van der Waals surface area contributed by atoms with Crippen LogP contribution < -0.4 is 0 Å². The molecule has 0 saturated carbocycles. The van der Waals surface area contributed by atoms with E-state index in [2.05, 4.69) is 34.5 Å². The molecule has 0 aliphatic carbocycles. The van der Waals surface area contributed by atoms with E-state index in [0.717, 1.165) is 38.9 Å². The zero-order chi connectivity index (χ0) is 20.0. The van der Waals surface area contributed by atoms with Gasteiger partial charge in [0.1, 0.15) is 0 Å². The monoisotopic (exact) mass is 404 g/mol. The van der Waals surface area contributed by atoms with Gasteiger partial charge in [0.2, 0.25) is 0 Å². The van der Waals surface area contributed by atoms with Crippen molar-refractivity contribution in [3.8, 4) is 22.3 Å². The minimum atomic E-state index is -2.96. The Morgan fingerprint density at radius 2 is 1.72 bits per heavy atom. The largest absolute Gasteiger partial charge is 0.275 e. The summed E-state index contributed by atoms with van der Waals surface area (Å²) in [6.07, 6.45) is 10.0. The van der Waals surface area contributed by atoms with Gasteiger partial charge >= 0.3 is 0 Å². The Kier molecular flexibility index (Phi) is 4.13. The standard InChI is InChI=1S/C22H20N4O2S/c1-25-15-19(13-23-25)16-4-6-17(7-5-16)21-14-24-26-10-2-3-20(22(21)26)18-8-11-29(27,28)12-9-18/h2-8,10,13-15H,9,11-12H2,1H3. The Morgan fingerprint density at radius 1 is 0.931 bits per heavy atom. The highest BCUT2D eigenvalue weighted by Crippen LogP contribution is 2.34. The lowest BCUT2D eigenvalue weighted by Crippen LogP contribution is -2.15. The van der Waals surface area contributed by atoms with Gasteiger partial charge in [-0.15, -0.1) is 0 Å². The third-order valence-corrected chi connectivity index (χ3v) is 6.89. The Bertz CT molecular complexity index is 1350. The number of aromatic nitrogens is 4. The highest BCUT2D eigenvalue weighted by molar-refractivity contribution is 7.91. The van der Waals surface area contributed by atoms with Crippen LogP contribution in [-0.4, -0.2) is 39.3 Å². The smallest absolute Gasteiger partial charge is 0.154 e. The summed E-state index contributed by atoms with van der Waals surface area (Å²) < 4.78 is 27.3. The summed E-state index contributed by atoms with van der Waals surface area (Å²) in [6.45, 7) is 0. The number of hydrogen-bond donors (Lipinski definition) is 0.